The van der Waals surface area contributed by atoms with E-state index in [4.69, 9.17) is 16.3 Å². The van der Waals surface area contributed by atoms with Crippen LogP contribution in [0.25, 0.3) is 0 Å². The number of methoxy groups -OCH3 is 1. The molecule has 1 aliphatic heterocycles. The summed E-state index contributed by atoms with van der Waals surface area (Å²) in [5.41, 5.74) is 0.253. The molecule has 1 fully saturated rings. The molecule has 0 saturated carbocycles. The molecule has 2 N–H and O–H groups in total. The van der Waals surface area contributed by atoms with E-state index in [1.165, 1.54) is 7.11 Å². The van der Waals surface area contributed by atoms with Gasteiger partial charge >= 0.3 is 5.97 Å². The second-order valence-electron chi connectivity index (χ2n) is 5.14. The average molecular weight is 284 g/mol. The van der Waals surface area contributed by atoms with Gasteiger partial charge in [0.05, 0.1) is 7.11 Å². The zero-order valence-electron chi connectivity index (χ0n) is 11.0. The van der Waals surface area contributed by atoms with Gasteiger partial charge in [-0.05, 0) is 31.0 Å². The quantitative estimate of drug-likeness (QED) is 0.832. The number of nitrogens with one attached hydrogen (secondary N) is 1. The Morgan fingerprint density at radius 1 is 1.53 bits per heavy atom. The molecule has 4 nitrogen and oxygen atoms in total. The Balaban J connectivity index is 2.25. The summed E-state index contributed by atoms with van der Waals surface area (Å²) in [4.78, 5) is 11.8. The third kappa shape index (κ3) is 2.76. The Labute approximate surface area is 117 Å². The Bertz CT molecular complexity index is 462. The summed E-state index contributed by atoms with van der Waals surface area (Å²) in [5, 5.41) is 13.5. The van der Waals surface area contributed by atoms with E-state index in [1.807, 2.05) is 12.1 Å². The lowest BCUT2D eigenvalue weighted by Crippen LogP contribution is -2.45. The monoisotopic (exact) mass is 283 g/mol. The number of aliphatic hydroxyl groups excluding tert-OH is 1. The van der Waals surface area contributed by atoms with Crippen LogP contribution in [0.4, 0.5) is 0 Å². The van der Waals surface area contributed by atoms with Gasteiger partial charge in [-0.25, -0.2) is 0 Å². The Kier molecular flexibility index (Phi) is 4.13. The lowest BCUT2D eigenvalue weighted by molar-refractivity contribution is -0.147. The van der Waals surface area contributed by atoms with Gasteiger partial charge in [-0.3, -0.25) is 10.1 Å². The first-order chi connectivity index (χ1) is 9.00. The van der Waals surface area contributed by atoms with Crippen molar-refractivity contribution in [2.75, 3.05) is 13.7 Å². The van der Waals surface area contributed by atoms with Crippen molar-refractivity contribution in [1.29, 1.82) is 0 Å². The van der Waals surface area contributed by atoms with E-state index < -0.39 is 5.54 Å². The Morgan fingerprint density at radius 2 is 2.16 bits per heavy atom. The first-order valence-electron chi connectivity index (χ1n) is 6.22. The van der Waals surface area contributed by atoms with Gasteiger partial charge in [0.2, 0.25) is 0 Å². The molecule has 0 amide bonds. The standard InChI is InChI=1S/C14H18ClNO3/c1-14(13(18)19-2)7-10(8-17)12(16-14)9-3-5-11(15)6-4-9/h3-6,10,12,16-17H,7-8H2,1-2H3/t10-,12-,14-/m0/s1. The summed E-state index contributed by atoms with van der Waals surface area (Å²) in [7, 11) is 1.37. The predicted molar refractivity (Wildman–Crippen MR) is 72.9 cm³/mol. The summed E-state index contributed by atoms with van der Waals surface area (Å²) in [6.45, 7) is 1.82. The van der Waals surface area contributed by atoms with Crippen LogP contribution in [-0.4, -0.2) is 30.3 Å². The smallest absolute Gasteiger partial charge is 0.325 e. The van der Waals surface area contributed by atoms with Gasteiger partial charge in [-0.1, -0.05) is 23.7 Å². The normalized spacial score (nSPS) is 30.3. The number of esters is 1. The maximum absolute atomic E-state index is 11.8. The van der Waals surface area contributed by atoms with Crippen LogP contribution in [0, 0.1) is 5.92 Å². The number of benzene rings is 1. The van der Waals surface area contributed by atoms with Crippen molar-refractivity contribution in [3.05, 3.63) is 34.9 Å². The summed E-state index contributed by atoms with van der Waals surface area (Å²) >= 11 is 5.87. The molecular weight excluding hydrogens is 266 g/mol. The number of carbonyl (C=O) groups is 1. The van der Waals surface area contributed by atoms with Crippen molar-refractivity contribution in [1.82, 2.24) is 5.32 Å². The van der Waals surface area contributed by atoms with E-state index in [0.29, 0.717) is 11.4 Å². The van der Waals surface area contributed by atoms with Crippen molar-refractivity contribution in [2.45, 2.75) is 24.9 Å². The molecule has 104 valence electrons. The third-order valence-corrected chi connectivity index (χ3v) is 3.97. The minimum Gasteiger partial charge on any atom is -0.468 e. The van der Waals surface area contributed by atoms with Gasteiger partial charge in [0, 0.05) is 23.6 Å². The lowest BCUT2D eigenvalue weighted by atomic mass is 9.91. The van der Waals surface area contributed by atoms with Crippen molar-refractivity contribution in [3.8, 4) is 0 Å². The molecule has 0 aliphatic carbocycles. The van der Waals surface area contributed by atoms with E-state index in [-0.39, 0.29) is 24.5 Å². The Morgan fingerprint density at radius 3 is 2.68 bits per heavy atom. The third-order valence-electron chi connectivity index (χ3n) is 3.72. The van der Waals surface area contributed by atoms with E-state index in [9.17, 15) is 9.90 Å². The summed E-state index contributed by atoms with van der Waals surface area (Å²) < 4.78 is 4.83. The van der Waals surface area contributed by atoms with Crippen LogP contribution >= 0.6 is 11.6 Å². The highest BCUT2D eigenvalue weighted by Gasteiger charge is 2.47. The molecule has 0 spiro atoms. The van der Waals surface area contributed by atoms with Crippen LogP contribution in [-0.2, 0) is 9.53 Å². The van der Waals surface area contributed by atoms with Crippen LogP contribution in [0.3, 0.4) is 0 Å². The molecule has 1 aromatic rings. The van der Waals surface area contributed by atoms with Gasteiger partial charge in [0.1, 0.15) is 5.54 Å². The number of rotatable bonds is 3. The summed E-state index contributed by atoms with van der Waals surface area (Å²) in [6.07, 6.45) is 0.545. The number of hydrogen-bond acceptors (Lipinski definition) is 4. The molecule has 0 bridgehead atoms. The van der Waals surface area contributed by atoms with Crippen LogP contribution in [0.15, 0.2) is 24.3 Å². The predicted octanol–water partition coefficient (Wildman–Crippen LogP) is 1.91. The molecule has 5 heteroatoms. The van der Waals surface area contributed by atoms with Gasteiger partial charge in [0.25, 0.3) is 0 Å². The molecule has 0 radical (unpaired) electrons. The lowest BCUT2D eigenvalue weighted by Gasteiger charge is -2.22. The van der Waals surface area contributed by atoms with Gasteiger partial charge in [0.15, 0.2) is 0 Å². The van der Waals surface area contributed by atoms with Gasteiger partial charge in [-0.2, -0.15) is 0 Å². The second kappa shape index (κ2) is 5.49. The second-order valence-corrected chi connectivity index (χ2v) is 5.58. The number of ether oxygens (including phenoxy) is 1. The van der Waals surface area contributed by atoms with Crippen molar-refractivity contribution in [3.63, 3.8) is 0 Å². The fraction of sp³-hybridized carbons (Fsp3) is 0.500. The minimum atomic E-state index is -0.757. The molecule has 2 rings (SSSR count). The molecular formula is C14H18ClNO3. The van der Waals surface area contributed by atoms with Gasteiger partial charge in [-0.15, -0.1) is 0 Å². The molecule has 1 aliphatic rings. The molecule has 0 unspecified atom stereocenters. The first kappa shape index (κ1) is 14.3. The SMILES string of the molecule is COC(=O)[C@]1(C)C[C@@H](CO)[C@H](c2ccc(Cl)cc2)N1. The van der Waals surface area contributed by atoms with Crippen LogP contribution < -0.4 is 5.32 Å². The molecule has 1 saturated heterocycles. The maximum Gasteiger partial charge on any atom is 0.325 e. The first-order valence-corrected chi connectivity index (χ1v) is 6.60. The number of carbonyl (C=O) groups excluding carboxylic acids is 1. The fourth-order valence-corrected chi connectivity index (χ4v) is 2.85. The van der Waals surface area contributed by atoms with Crippen molar-refractivity contribution >= 4 is 17.6 Å². The van der Waals surface area contributed by atoms with Crippen LogP contribution in [0.5, 0.6) is 0 Å². The molecule has 1 heterocycles. The summed E-state index contributed by atoms with van der Waals surface area (Å²) in [5.74, 6) is -0.326. The number of hydrogen-bond donors (Lipinski definition) is 2. The van der Waals surface area contributed by atoms with Crippen LogP contribution in [0.2, 0.25) is 5.02 Å². The highest BCUT2D eigenvalue weighted by molar-refractivity contribution is 6.30. The van der Waals surface area contributed by atoms with Crippen molar-refractivity contribution in [2.24, 2.45) is 5.92 Å². The highest BCUT2D eigenvalue weighted by Crippen LogP contribution is 2.38. The van der Waals surface area contributed by atoms with Crippen LogP contribution in [0.1, 0.15) is 24.9 Å². The van der Waals surface area contributed by atoms with E-state index in [1.54, 1.807) is 19.1 Å². The maximum atomic E-state index is 11.8. The molecule has 0 aromatic heterocycles. The molecule has 1 aromatic carbocycles. The number of halogens is 1. The zero-order valence-corrected chi connectivity index (χ0v) is 11.8. The van der Waals surface area contributed by atoms with E-state index >= 15 is 0 Å². The minimum absolute atomic E-state index is 0.0207. The highest BCUT2D eigenvalue weighted by atomic mass is 35.5. The molecule has 19 heavy (non-hydrogen) atoms. The largest absolute Gasteiger partial charge is 0.468 e. The molecule has 3 atom stereocenters. The average Bonchev–Trinajstić information content (AvgIpc) is 2.77. The van der Waals surface area contributed by atoms with E-state index in [2.05, 4.69) is 5.32 Å². The van der Waals surface area contributed by atoms with Gasteiger partial charge < -0.3 is 9.84 Å². The van der Waals surface area contributed by atoms with Crippen molar-refractivity contribution < 1.29 is 14.6 Å². The summed E-state index contributed by atoms with van der Waals surface area (Å²) in [6, 6.07) is 7.35. The topological polar surface area (TPSA) is 58.6 Å². The Hall–Kier alpha value is -1.10. The number of aliphatic hydroxyl groups is 1. The van der Waals surface area contributed by atoms with E-state index in [0.717, 1.165) is 5.56 Å². The fourth-order valence-electron chi connectivity index (χ4n) is 2.73. The zero-order chi connectivity index (χ0) is 14.0.